The summed E-state index contributed by atoms with van der Waals surface area (Å²) in [5.74, 6) is 1.23. The Morgan fingerprint density at radius 1 is 1.29 bits per heavy atom. The Hall–Kier alpha value is -1.88. The van der Waals surface area contributed by atoms with Gasteiger partial charge in [0, 0.05) is 31.4 Å². The molecule has 0 amide bonds. The van der Waals surface area contributed by atoms with E-state index in [0.29, 0.717) is 24.0 Å². The molecule has 0 aliphatic rings. The van der Waals surface area contributed by atoms with Gasteiger partial charge in [0.1, 0.15) is 0 Å². The largest absolute Gasteiger partial charge is 0.399 e. The van der Waals surface area contributed by atoms with Crippen LogP contribution in [-0.4, -0.2) is 23.9 Å². The third-order valence-electron chi connectivity index (χ3n) is 2.37. The average Bonchev–Trinajstić information content (AvgIpc) is 2.79. The second-order valence-electron chi connectivity index (χ2n) is 3.73. The van der Waals surface area contributed by atoms with Gasteiger partial charge in [-0.25, -0.2) is 0 Å². The number of hydrogen-bond donors (Lipinski definition) is 1. The van der Waals surface area contributed by atoms with Crippen molar-refractivity contribution in [2.24, 2.45) is 0 Å². The lowest BCUT2D eigenvalue weighted by molar-refractivity contribution is 0.194. The van der Waals surface area contributed by atoms with Crippen LogP contribution in [0.4, 0.5) is 5.69 Å². The molecule has 0 radical (unpaired) electrons. The number of methoxy groups -OCH3 is 1. The first kappa shape index (κ1) is 11.6. The first-order valence-electron chi connectivity index (χ1n) is 5.47. The van der Waals surface area contributed by atoms with Crippen LogP contribution >= 0.6 is 0 Å². The van der Waals surface area contributed by atoms with Gasteiger partial charge < -0.3 is 15.0 Å². The number of nitrogens with zero attached hydrogens (tertiary/aromatic N) is 2. The third kappa shape index (κ3) is 3.04. The van der Waals surface area contributed by atoms with E-state index in [2.05, 4.69) is 10.1 Å². The van der Waals surface area contributed by atoms with E-state index in [1.54, 1.807) is 7.11 Å². The van der Waals surface area contributed by atoms with Crippen LogP contribution in [0.1, 0.15) is 12.2 Å². The number of hydrogen-bond acceptors (Lipinski definition) is 5. The highest BCUT2D eigenvalue weighted by molar-refractivity contribution is 5.56. The molecular weight excluding hydrogens is 218 g/mol. The van der Waals surface area contributed by atoms with Crippen LogP contribution < -0.4 is 5.73 Å². The third-order valence-corrected chi connectivity index (χ3v) is 2.37. The van der Waals surface area contributed by atoms with Crippen molar-refractivity contribution >= 4 is 5.69 Å². The summed E-state index contributed by atoms with van der Waals surface area (Å²) in [5, 5.41) is 3.91. The molecule has 2 rings (SSSR count). The Kier molecular flexibility index (Phi) is 3.72. The van der Waals surface area contributed by atoms with Gasteiger partial charge in [0.05, 0.1) is 0 Å². The number of nitrogens with two attached hydrogens (primary N) is 1. The molecule has 5 heteroatoms. The molecule has 0 spiro atoms. The van der Waals surface area contributed by atoms with Crippen LogP contribution in [0, 0.1) is 0 Å². The number of rotatable bonds is 5. The zero-order chi connectivity index (χ0) is 12.1. The Labute approximate surface area is 99.6 Å². The summed E-state index contributed by atoms with van der Waals surface area (Å²) in [4.78, 5) is 4.31. The van der Waals surface area contributed by atoms with Gasteiger partial charge in [-0.15, -0.1) is 0 Å². The molecule has 0 atom stereocenters. The number of benzene rings is 1. The highest BCUT2D eigenvalue weighted by atomic mass is 16.5. The summed E-state index contributed by atoms with van der Waals surface area (Å²) in [5.41, 5.74) is 7.21. The van der Waals surface area contributed by atoms with E-state index in [1.165, 1.54) is 0 Å². The minimum atomic E-state index is 0.525. The molecule has 0 saturated heterocycles. The van der Waals surface area contributed by atoms with E-state index in [9.17, 15) is 0 Å². The SMILES string of the molecule is COCCCc1noc(-c2ccc(N)cc2)n1. The van der Waals surface area contributed by atoms with E-state index in [-0.39, 0.29) is 0 Å². The number of aromatic nitrogens is 2. The van der Waals surface area contributed by atoms with Gasteiger partial charge in [0.15, 0.2) is 5.82 Å². The molecule has 1 aromatic heterocycles. The summed E-state index contributed by atoms with van der Waals surface area (Å²) in [7, 11) is 1.68. The topological polar surface area (TPSA) is 74.2 Å². The molecule has 0 saturated carbocycles. The van der Waals surface area contributed by atoms with Crippen molar-refractivity contribution in [3.8, 4) is 11.5 Å². The zero-order valence-corrected chi connectivity index (χ0v) is 9.72. The first-order chi connectivity index (χ1) is 8.29. The Morgan fingerprint density at radius 3 is 2.76 bits per heavy atom. The lowest BCUT2D eigenvalue weighted by Gasteiger charge is -1.95. The maximum atomic E-state index is 5.61. The maximum Gasteiger partial charge on any atom is 0.257 e. The first-order valence-corrected chi connectivity index (χ1v) is 5.47. The van der Waals surface area contributed by atoms with E-state index in [4.69, 9.17) is 15.0 Å². The van der Waals surface area contributed by atoms with Crippen LogP contribution in [0.5, 0.6) is 0 Å². The van der Waals surface area contributed by atoms with Crippen LogP contribution in [-0.2, 0) is 11.2 Å². The number of aryl methyl sites for hydroxylation is 1. The minimum Gasteiger partial charge on any atom is -0.399 e. The van der Waals surface area contributed by atoms with Crippen LogP contribution in [0.15, 0.2) is 28.8 Å². The molecule has 5 nitrogen and oxygen atoms in total. The fourth-order valence-electron chi connectivity index (χ4n) is 1.47. The lowest BCUT2D eigenvalue weighted by Crippen LogP contribution is -1.94. The Balaban J connectivity index is 2.04. The van der Waals surface area contributed by atoms with Gasteiger partial charge >= 0.3 is 0 Å². The Bertz CT molecular complexity index is 465. The van der Waals surface area contributed by atoms with Crippen molar-refractivity contribution < 1.29 is 9.26 Å². The summed E-state index contributed by atoms with van der Waals surface area (Å²) in [6, 6.07) is 7.35. The van der Waals surface area contributed by atoms with Crippen LogP contribution in [0.25, 0.3) is 11.5 Å². The number of anilines is 1. The molecule has 2 N–H and O–H groups in total. The van der Waals surface area contributed by atoms with E-state index >= 15 is 0 Å². The zero-order valence-electron chi connectivity index (χ0n) is 9.72. The van der Waals surface area contributed by atoms with Gasteiger partial charge in [-0.2, -0.15) is 4.98 Å². The van der Waals surface area contributed by atoms with Crippen molar-refractivity contribution in [1.82, 2.24) is 10.1 Å². The predicted molar refractivity (Wildman–Crippen MR) is 64.3 cm³/mol. The summed E-state index contributed by atoms with van der Waals surface area (Å²) < 4.78 is 10.1. The van der Waals surface area contributed by atoms with E-state index < -0.39 is 0 Å². The molecule has 1 aromatic carbocycles. The van der Waals surface area contributed by atoms with Gasteiger partial charge in [-0.3, -0.25) is 0 Å². The Morgan fingerprint density at radius 2 is 2.06 bits per heavy atom. The van der Waals surface area contributed by atoms with Crippen molar-refractivity contribution in [3.63, 3.8) is 0 Å². The fraction of sp³-hybridized carbons (Fsp3) is 0.333. The highest BCUT2D eigenvalue weighted by Crippen LogP contribution is 2.18. The number of nitrogen functional groups attached to an aromatic ring is 1. The molecule has 0 aliphatic carbocycles. The van der Waals surface area contributed by atoms with Crippen LogP contribution in [0.2, 0.25) is 0 Å². The predicted octanol–water partition coefficient (Wildman–Crippen LogP) is 1.90. The minimum absolute atomic E-state index is 0.525. The molecule has 0 bridgehead atoms. The van der Waals surface area contributed by atoms with Gasteiger partial charge in [0.25, 0.3) is 5.89 Å². The lowest BCUT2D eigenvalue weighted by atomic mass is 10.2. The monoisotopic (exact) mass is 233 g/mol. The normalized spacial score (nSPS) is 10.6. The van der Waals surface area contributed by atoms with Gasteiger partial charge in [0.2, 0.25) is 0 Å². The average molecular weight is 233 g/mol. The quantitative estimate of drug-likeness (QED) is 0.630. The van der Waals surface area contributed by atoms with Crippen LogP contribution in [0.3, 0.4) is 0 Å². The highest BCUT2D eigenvalue weighted by Gasteiger charge is 2.07. The molecule has 0 fully saturated rings. The molecule has 0 aliphatic heterocycles. The molecule has 2 aromatic rings. The summed E-state index contributed by atoms with van der Waals surface area (Å²) in [6.07, 6.45) is 1.64. The number of ether oxygens (including phenoxy) is 1. The van der Waals surface area contributed by atoms with Crippen molar-refractivity contribution in [1.29, 1.82) is 0 Å². The van der Waals surface area contributed by atoms with Crippen molar-refractivity contribution in [3.05, 3.63) is 30.1 Å². The molecule has 1 heterocycles. The second kappa shape index (κ2) is 5.45. The van der Waals surface area contributed by atoms with E-state index in [1.807, 2.05) is 24.3 Å². The molecule has 17 heavy (non-hydrogen) atoms. The summed E-state index contributed by atoms with van der Waals surface area (Å²) in [6.45, 7) is 0.700. The maximum absolute atomic E-state index is 5.61. The molecule has 0 unspecified atom stereocenters. The van der Waals surface area contributed by atoms with Gasteiger partial charge in [-0.05, 0) is 30.7 Å². The van der Waals surface area contributed by atoms with E-state index in [0.717, 1.165) is 18.4 Å². The van der Waals surface area contributed by atoms with Crippen molar-refractivity contribution in [2.45, 2.75) is 12.8 Å². The molecular formula is C12H15N3O2. The molecule has 90 valence electrons. The van der Waals surface area contributed by atoms with Gasteiger partial charge in [-0.1, -0.05) is 5.16 Å². The summed E-state index contributed by atoms with van der Waals surface area (Å²) >= 11 is 0. The standard InChI is InChI=1S/C12H15N3O2/c1-16-8-2-3-11-14-12(17-15-11)9-4-6-10(13)7-5-9/h4-7H,2-3,8,13H2,1H3. The fourth-order valence-corrected chi connectivity index (χ4v) is 1.47. The van der Waals surface area contributed by atoms with Crippen molar-refractivity contribution in [2.75, 3.05) is 19.5 Å². The second-order valence-corrected chi connectivity index (χ2v) is 3.73. The smallest absolute Gasteiger partial charge is 0.257 e.